The average Bonchev–Trinajstić information content (AvgIpc) is 2.58. The fourth-order valence-corrected chi connectivity index (χ4v) is 4.06. The molecule has 0 atom stereocenters. The van der Waals surface area contributed by atoms with E-state index in [0.29, 0.717) is 5.69 Å². The fourth-order valence-electron chi connectivity index (χ4n) is 2.09. The molecular formula is C18H14FNO2S2. The first-order valence-electron chi connectivity index (χ1n) is 7.15. The van der Waals surface area contributed by atoms with Crippen molar-refractivity contribution in [3.8, 4) is 0 Å². The van der Waals surface area contributed by atoms with Gasteiger partial charge < -0.3 is 0 Å². The van der Waals surface area contributed by atoms with Gasteiger partial charge in [-0.3, -0.25) is 4.72 Å². The van der Waals surface area contributed by atoms with E-state index in [1.807, 2.05) is 42.5 Å². The highest BCUT2D eigenvalue weighted by atomic mass is 32.2. The first kappa shape index (κ1) is 16.5. The molecule has 0 unspecified atom stereocenters. The molecule has 1 N–H and O–H groups in total. The van der Waals surface area contributed by atoms with Crippen LogP contribution in [-0.4, -0.2) is 8.42 Å². The SMILES string of the molecule is O=S(=O)(Nc1ccc(Sc2ccccc2)cc1)c1ccccc1F. The predicted octanol–water partition coefficient (Wildman–Crippen LogP) is 4.78. The number of rotatable bonds is 5. The van der Waals surface area contributed by atoms with Crippen LogP contribution in [0, 0.1) is 5.82 Å². The van der Waals surface area contributed by atoms with E-state index in [1.165, 1.54) is 18.2 Å². The highest BCUT2D eigenvalue weighted by Gasteiger charge is 2.18. The van der Waals surface area contributed by atoms with Gasteiger partial charge in [-0.1, -0.05) is 42.1 Å². The highest BCUT2D eigenvalue weighted by molar-refractivity contribution is 7.99. The number of hydrogen-bond acceptors (Lipinski definition) is 3. The molecule has 0 saturated carbocycles. The van der Waals surface area contributed by atoms with E-state index in [9.17, 15) is 12.8 Å². The molecule has 6 heteroatoms. The van der Waals surface area contributed by atoms with Gasteiger partial charge in [-0.2, -0.15) is 0 Å². The Hall–Kier alpha value is -2.31. The zero-order chi connectivity index (χ0) is 17.0. The lowest BCUT2D eigenvalue weighted by atomic mass is 10.3. The first-order chi connectivity index (χ1) is 11.5. The van der Waals surface area contributed by atoms with Gasteiger partial charge in [-0.15, -0.1) is 0 Å². The summed E-state index contributed by atoms with van der Waals surface area (Å²) in [6, 6.07) is 22.1. The average molecular weight is 359 g/mol. The van der Waals surface area contributed by atoms with Crippen molar-refractivity contribution in [2.45, 2.75) is 14.7 Å². The van der Waals surface area contributed by atoms with Crippen molar-refractivity contribution in [1.82, 2.24) is 0 Å². The van der Waals surface area contributed by atoms with Crippen LogP contribution in [0.1, 0.15) is 0 Å². The number of nitrogens with one attached hydrogen (secondary N) is 1. The van der Waals surface area contributed by atoms with Crippen LogP contribution >= 0.6 is 11.8 Å². The van der Waals surface area contributed by atoms with Gasteiger partial charge in [-0.05, 0) is 48.5 Å². The van der Waals surface area contributed by atoms with E-state index in [-0.39, 0.29) is 4.90 Å². The third-order valence-corrected chi connectivity index (χ3v) is 5.64. The first-order valence-corrected chi connectivity index (χ1v) is 9.45. The van der Waals surface area contributed by atoms with Crippen molar-refractivity contribution in [3.05, 3.63) is 84.7 Å². The van der Waals surface area contributed by atoms with Crippen molar-refractivity contribution in [2.75, 3.05) is 4.72 Å². The Morgan fingerprint density at radius 2 is 1.33 bits per heavy atom. The van der Waals surface area contributed by atoms with Crippen LogP contribution < -0.4 is 4.72 Å². The lowest BCUT2D eigenvalue weighted by molar-refractivity contribution is 0.570. The summed E-state index contributed by atoms with van der Waals surface area (Å²) in [5.41, 5.74) is 0.385. The quantitative estimate of drug-likeness (QED) is 0.713. The molecule has 0 fully saturated rings. The Bertz CT molecular complexity index is 927. The summed E-state index contributed by atoms with van der Waals surface area (Å²) in [6.07, 6.45) is 0. The second-order valence-electron chi connectivity index (χ2n) is 4.98. The van der Waals surface area contributed by atoms with Crippen LogP contribution in [0.15, 0.2) is 93.5 Å². The van der Waals surface area contributed by atoms with Crippen LogP contribution in [0.3, 0.4) is 0 Å². The maximum atomic E-state index is 13.7. The molecule has 0 aromatic heterocycles. The zero-order valence-corrected chi connectivity index (χ0v) is 14.1. The van der Waals surface area contributed by atoms with Gasteiger partial charge in [0, 0.05) is 15.5 Å². The van der Waals surface area contributed by atoms with Gasteiger partial charge >= 0.3 is 0 Å². The largest absolute Gasteiger partial charge is 0.280 e. The molecule has 0 aliphatic rings. The molecule has 122 valence electrons. The van der Waals surface area contributed by atoms with Crippen LogP contribution in [-0.2, 0) is 10.0 Å². The lowest BCUT2D eigenvalue weighted by Crippen LogP contribution is -2.14. The Kier molecular flexibility index (Phi) is 4.87. The monoisotopic (exact) mass is 359 g/mol. The maximum absolute atomic E-state index is 13.7. The van der Waals surface area contributed by atoms with Gasteiger partial charge in [0.25, 0.3) is 10.0 Å². The molecular weight excluding hydrogens is 345 g/mol. The minimum absolute atomic E-state index is 0.368. The van der Waals surface area contributed by atoms with E-state index in [2.05, 4.69) is 4.72 Å². The topological polar surface area (TPSA) is 46.2 Å². The van der Waals surface area contributed by atoms with Crippen LogP contribution in [0.5, 0.6) is 0 Å². The van der Waals surface area contributed by atoms with Crippen molar-refractivity contribution in [2.24, 2.45) is 0 Å². The van der Waals surface area contributed by atoms with Gasteiger partial charge in [-0.25, -0.2) is 12.8 Å². The highest BCUT2D eigenvalue weighted by Crippen LogP contribution is 2.28. The zero-order valence-electron chi connectivity index (χ0n) is 12.5. The summed E-state index contributed by atoms with van der Waals surface area (Å²) in [5, 5.41) is 0. The standard InChI is InChI=1S/C18H14FNO2S2/c19-17-8-4-5-9-18(17)24(21,22)20-14-10-12-16(13-11-14)23-15-6-2-1-3-7-15/h1-13,20H. The molecule has 0 bridgehead atoms. The molecule has 3 aromatic carbocycles. The number of anilines is 1. The van der Waals surface area contributed by atoms with Crippen LogP contribution in [0.25, 0.3) is 0 Å². The van der Waals surface area contributed by atoms with Crippen molar-refractivity contribution in [3.63, 3.8) is 0 Å². The van der Waals surface area contributed by atoms with E-state index >= 15 is 0 Å². The summed E-state index contributed by atoms with van der Waals surface area (Å²) in [7, 11) is -3.95. The Balaban J connectivity index is 1.76. The number of halogens is 1. The summed E-state index contributed by atoms with van der Waals surface area (Å²) in [4.78, 5) is 1.71. The van der Waals surface area contributed by atoms with Crippen molar-refractivity contribution >= 4 is 27.5 Å². The Labute approximate surface area is 144 Å². The summed E-state index contributed by atoms with van der Waals surface area (Å²) in [5.74, 6) is -0.777. The fraction of sp³-hybridized carbons (Fsp3) is 0. The molecule has 24 heavy (non-hydrogen) atoms. The second kappa shape index (κ2) is 7.07. The summed E-state index contributed by atoms with van der Waals surface area (Å²) < 4.78 is 40.5. The van der Waals surface area contributed by atoms with E-state index in [0.717, 1.165) is 15.9 Å². The van der Waals surface area contributed by atoms with Crippen LogP contribution in [0.4, 0.5) is 10.1 Å². The molecule has 0 aliphatic carbocycles. The third kappa shape index (κ3) is 3.96. The molecule has 0 radical (unpaired) electrons. The second-order valence-corrected chi connectivity index (χ2v) is 7.77. The third-order valence-electron chi connectivity index (χ3n) is 3.21. The normalized spacial score (nSPS) is 11.2. The minimum atomic E-state index is -3.95. The molecule has 3 nitrogen and oxygen atoms in total. The lowest BCUT2D eigenvalue weighted by Gasteiger charge is -2.09. The maximum Gasteiger partial charge on any atom is 0.264 e. The van der Waals surface area contributed by atoms with E-state index in [4.69, 9.17) is 0 Å². The molecule has 3 aromatic rings. The van der Waals surface area contributed by atoms with Crippen molar-refractivity contribution < 1.29 is 12.8 Å². The minimum Gasteiger partial charge on any atom is -0.280 e. The summed E-state index contributed by atoms with van der Waals surface area (Å²) >= 11 is 1.58. The molecule has 0 aliphatic heterocycles. The van der Waals surface area contributed by atoms with Crippen LogP contribution in [0.2, 0.25) is 0 Å². The van der Waals surface area contributed by atoms with Gasteiger partial charge in [0.05, 0.1) is 0 Å². The number of hydrogen-bond donors (Lipinski definition) is 1. The van der Waals surface area contributed by atoms with E-state index in [1.54, 1.807) is 23.9 Å². The molecule has 0 spiro atoms. The number of sulfonamides is 1. The van der Waals surface area contributed by atoms with E-state index < -0.39 is 15.8 Å². The summed E-state index contributed by atoms with van der Waals surface area (Å²) in [6.45, 7) is 0. The Morgan fingerprint density at radius 1 is 0.750 bits per heavy atom. The molecule has 0 heterocycles. The molecule has 0 saturated heterocycles. The van der Waals surface area contributed by atoms with Gasteiger partial charge in [0.2, 0.25) is 0 Å². The van der Waals surface area contributed by atoms with Gasteiger partial charge in [0.15, 0.2) is 0 Å². The smallest absolute Gasteiger partial charge is 0.264 e. The molecule has 3 rings (SSSR count). The predicted molar refractivity (Wildman–Crippen MR) is 94.2 cm³/mol. The van der Waals surface area contributed by atoms with Gasteiger partial charge in [0.1, 0.15) is 10.7 Å². The number of benzene rings is 3. The van der Waals surface area contributed by atoms with Crippen molar-refractivity contribution in [1.29, 1.82) is 0 Å². The molecule has 0 amide bonds. The Morgan fingerprint density at radius 3 is 2.00 bits per heavy atom.